The van der Waals surface area contributed by atoms with Gasteiger partial charge >= 0.3 is 5.97 Å². The second-order valence-electron chi connectivity index (χ2n) is 5.21. The number of carbonyl (C=O) groups excluding carboxylic acids is 1. The minimum Gasteiger partial charge on any atom is -0.508 e. The summed E-state index contributed by atoms with van der Waals surface area (Å²) in [6, 6.07) is 3.39. The number of rotatable bonds is 2. The summed E-state index contributed by atoms with van der Waals surface area (Å²) in [5, 5.41) is 9.90. The number of carbonyl (C=O) groups is 1. The van der Waals surface area contributed by atoms with Crippen LogP contribution in [0.1, 0.15) is 45.2 Å². The van der Waals surface area contributed by atoms with Gasteiger partial charge in [-0.1, -0.05) is 27.7 Å². The minimum absolute atomic E-state index is 0.189. The fraction of sp³-hybridized carbons (Fsp3) is 0.500. The Labute approximate surface area is 102 Å². The minimum atomic E-state index is -0.265. The number of phenolic OH excluding ortho intramolecular Hbond substituents is 1. The third kappa shape index (κ3) is 3.22. The van der Waals surface area contributed by atoms with Crippen molar-refractivity contribution in [3.63, 3.8) is 0 Å². The SMILES string of the molecule is CCC(=O)Oc1cc(C(C)(C)C)c(O)cc1C. The molecule has 1 aromatic carbocycles. The maximum atomic E-state index is 11.3. The zero-order chi connectivity index (χ0) is 13.2. The lowest BCUT2D eigenvalue weighted by molar-refractivity contribution is -0.134. The third-order valence-electron chi connectivity index (χ3n) is 2.61. The van der Waals surface area contributed by atoms with Crippen molar-refractivity contribution in [3.05, 3.63) is 23.3 Å². The average molecular weight is 236 g/mol. The summed E-state index contributed by atoms with van der Waals surface area (Å²) in [6.07, 6.45) is 0.338. The maximum Gasteiger partial charge on any atom is 0.310 e. The van der Waals surface area contributed by atoms with Gasteiger partial charge in [-0.25, -0.2) is 0 Å². The standard InChI is InChI=1S/C14H20O3/c1-6-13(16)17-12-8-10(14(3,4)5)11(15)7-9(12)2/h7-8,15H,6H2,1-5H3. The number of hydrogen-bond acceptors (Lipinski definition) is 3. The first kappa shape index (κ1) is 13.6. The quantitative estimate of drug-likeness (QED) is 0.633. The van der Waals surface area contributed by atoms with Crippen LogP contribution in [0.25, 0.3) is 0 Å². The summed E-state index contributed by atoms with van der Waals surface area (Å²) in [5.74, 6) is 0.504. The van der Waals surface area contributed by atoms with Gasteiger partial charge in [0.25, 0.3) is 0 Å². The highest BCUT2D eigenvalue weighted by molar-refractivity contribution is 5.72. The highest BCUT2D eigenvalue weighted by Crippen LogP contribution is 2.35. The predicted octanol–water partition coefficient (Wildman–Crippen LogP) is 3.31. The lowest BCUT2D eigenvalue weighted by Gasteiger charge is -2.22. The first-order valence-electron chi connectivity index (χ1n) is 5.80. The van der Waals surface area contributed by atoms with Crippen molar-refractivity contribution in [2.45, 2.75) is 46.5 Å². The Morgan fingerprint density at radius 1 is 1.35 bits per heavy atom. The first-order chi connectivity index (χ1) is 7.75. The fourth-order valence-corrected chi connectivity index (χ4v) is 1.58. The lowest BCUT2D eigenvalue weighted by Crippen LogP contribution is -2.13. The van der Waals surface area contributed by atoms with Gasteiger partial charge in [0.1, 0.15) is 11.5 Å². The highest BCUT2D eigenvalue weighted by atomic mass is 16.5. The largest absolute Gasteiger partial charge is 0.508 e. The molecule has 1 N–H and O–H groups in total. The molecule has 3 heteroatoms. The molecule has 0 amide bonds. The third-order valence-corrected chi connectivity index (χ3v) is 2.61. The van der Waals surface area contributed by atoms with Crippen LogP contribution in [-0.4, -0.2) is 11.1 Å². The summed E-state index contributed by atoms with van der Waals surface area (Å²) < 4.78 is 5.24. The topological polar surface area (TPSA) is 46.5 Å². The molecule has 0 atom stereocenters. The summed E-state index contributed by atoms with van der Waals surface area (Å²) >= 11 is 0. The molecule has 0 spiro atoms. The molecule has 0 aliphatic rings. The van der Waals surface area contributed by atoms with Crippen LogP contribution in [0.4, 0.5) is 0 Å². The number of esters is 1. The van der Waals surface area contributed by atoms with Crippen LogP contribution in [0.15, 0.2) is 12.1 Å². The molecule has 0 aliphatic heterocycles. The van der Waals surface area contributed by atoms with E-state index in [0.29, 0.717) is 12.2 Å². The molecule has 0 heterocycles. The molecule has 1 rings (SSSR count). The van der Waals surface area contributed by atoms with E-state index < -0.39 is 0 Å². The van der Waals surface area contributed by atoms with Gasteiger partial charge in [-0.05, 0) is 30.0 Å². The van der Waals surface area contributed by atoms with E-state index in [-0.39, 0.29) is 17.1 Å². The molecule has 0 bridgehead atoms. The fourth-order valence-electron chi connectivity index (χ4n) is 1.58. The van der Waals surface area contributed by atoms with Crippen LogP contribution in [0.3, 0.4) is 0 Å². The second kappa shape index (κ2) is 4.78. The Morgan fingerprint density at radius 2 is 1.94 bits per heavy atom. The molecule has 0 saturated carbocycles. The van der Waals surface area contributed by atoms with Crippen molar-refractivity contribution >= 4 is 5.97 Å². The Balaban J connectivity index is 3.20. The molecule has 0 unspecified atom stereocenters. The van der Waals surface area contributed by atoms with Crippen molar-refractivity contribution < 1.29 is 14.6 Å². The maximum absolute atomic E-state index is 11.3. The Kier molecular flexibility index (Phi) is 3.81. The van der Waals surface area contributed by atoms with Crippen LogP contribution in [0.5, 0.6) is 11.5 Å². The van der Waals surface area contributed by atoms with Crippen LogP contribution in [0.2, 0.25) is 0 Å². The summed E-state index contributed by atoms with van der Waals surface area (Å²) in [4.78, 5) is 11.3. The molecule has 3 nitrogen and oxygen atoms in total. The van der Waals surface area contributed by atoms with Crippen molar-refractivity contribution in [1.82, 2.24) is 0 Å². The van der Waals surface area contributed by atoms with E-state index in [4.69, 9.17) is 4.74 Å². The Morgan fingerprint density at radius 3 is 2.41 bits per heavy atom. The van der Waals surface area contributed by atoms with E-state index in [9.17, 15) is 9.90 Å². The van der Waals surface area contributed by atoms with Crippen LogP contribution < -0.4 is 4.74 Å². The second-order valence-corrected chi connectivity index (χ2v) is 5.21. The number of phenols is 1. The van der Waals surface area contributed by atoms with Gasteiger partial charge in [-0.2, -0.15) is 0 Å². The number of ether oxygens (including phenoxy) is 1. The van der Waals surface area contributed by atoms with Gasteiger partial charge in [0, 0.05) is 12.0 Å². The van der Waals surface area contributed by atoms with Gasteiger partial charge < -0.3 is 9.84 Å². The van der Waals surface area contributed by atoms with E-state index in [1.54, 1.807) is 19.1 Å². The number of aryl methyl sites for hydroxylation is 1. The molecule has 0 aromatic heterocycles. The van der Waals surface area contributed by atoms with Gasteiger partial charge in [0.15, 0.2) is 0 Å². The zero-order valence-corrected chi connectivity index (χ0v) is 11.1. The van der Waals surface area contributed by atoms with E-state index in [0.717, 1.165) is 11.1 Å². The normalized spacial score (nSPS) is 11.4. The smallest absolute Gasteiger partial charge is 0.310 e. The Hall–Kier alpha value is -1.51. The molecule has 1 aromatic rings. The first-order valence-corrected chi connectivity index (χ1v) is 5.80. The van der Waals surface area contributed by atoms with E-state index in [1.807, 2.05) is 27.7 Å². The predicted molar refractivity (Wildman–Crippen MR) is 67.5 cm³/mol. The lowest BCUT2D eigenvalue weighted by atomic mass is 9.85. The number of aromatic hydroxyl groups is 1. The molecule has 17 heavy (non-hydrogen) atoms. The zero-order valence-electron chi connectivity index (χ0n) is 11.1. The van der Waals surface area contributed by atoms with Crippen molar-refractivity contribution in [3.8, 4) is 11.5 Å². The summed E-state index contributed by atoms with van der Waals surface area (Å²) in [5.41, 5.74) is 1.35. The van der Waals surface area contributed by atoms with Gasteiger partial charge in [0.2, 0.25) is 0 Å². The molecule has 0 radical (unpaired) electrons. The van der Waals surface area contributed by atoms with E-state index in [2.05, 4.69) is 0 Å². The highest BCUT2D eigenvalue weighted by Gasteiger charge is 2.20. The molecular weight excluding hydrogens is 216 g/mol. The monoisotopic (exact) mass is 236 g/mol. The Bertz CT molecular complexity index is 428. The molecule has 0 fully saturated rings. The van der Waals surface area contributed by atoms with E-state index >= 15 is 0 Å². The van der Waals surface area contributed by atoms with Gasteiger partial charge in [0.05, 0.1) is 0 Å². The van der Waals surface area contributed by atoms with Crippen LogP contribution in [-0.2, 0) is 10.2 Å². The van der Waals surface area contributed by atoms with Crippen LogP contribution in [0, 0.1) is 6.92 Å². The number of benzene rings is 1. The molecular formula is C14H20O3. The van der Waals surface area contributed by atoms with E-state index in [1.165, 1.54) is 0 Å². The summed E-state index contributed by atoms with van der Waals surface area (Å²) in [6.45, 7) is 9.57. The molecule has 0 aliphatic carbocycles. The van der Waals surface area contributed by atoms with Gasteiger partial charge in [-0.15, -0.1) is 0 Å². The van der Waals surface area contributed by atoms with Gasteiger partial charge in [-0.3, -0.25) is 4.79 Å². The molecule has 94 valence electrons. The molecule has 0 saturated heterocycles. The van der Waals surface area contributed by atoms with Crippen molar-refractivity contribution in [2.75, 3.05) is 0 Å². The number of hydrogen-bond donors (Lipinski definition) is 1. The summed E-state index contributed by atoms with van der Waals surface area (Å²) in [7, 11) is 0. The van der Waals surface area contributed by atoms with Crippen molar-refractivity contribution in [2.24, 2.45) is 0 Å². The van der Waals surface area contributed by atoms with Crippen LogP contribution >= 0.6 is 0 Å². The average Bonchev–Trinajstić information content (AvgIpc) is 2.19. The van der Waals surface area contributed by atoms with Crippen molar-refractivity contribution in [1.29, 1.82) is 0 Å².